The van der Waals surface area contributed by atoms with Crippen molar-refractivity contribution >= 4 is 28.5 Å². The molecule has 0 radical (unpaired) electrons. The Morgan fingerprint density at radius 1 is 1.07 bits per heavy atom. The lowest BCUT2D eigenvalue weighted by Gasteiger charge is -2.18. The van der Waals surface area contributed by atoms with Crippen molar-refractivity contribution < 1.29 is 23.5 Å². The molecule has 2 aromatic carbocycles. The molecular weight excluding hydrogens is 348 g/mol. The number of hydrogen-bond acceptors (Lipinski definition) is 6. The van der Waals surface area contributed by atoms with Gasteiger partial charge in [-0.05, 0) is 30.3 Å². The van der Waals surface area contributed by atoms with Crippen LogP contribution < -0.4 is 14.8 Å². The molecule has 0 spiro atoms. The normalized spacial score (nSPS) is 12.8. The molecule has 1 aliphatic heterocycles. The SMILES string of the molecule is Cc1nc2cccc(NC(=O)CCC(=O)c3ccc4c(c3)OCCO4)c2o1. The summed E-state index contributed by atoms with van der Waals surface area (Å²) in [4.78, 5) is 28.9. The third-order valence-electron chi connectivity index (χ3n) is 4.24. The van der Waals surface area contributed by atoms with Crippen molar-refractivity contribution in [1.29, 1.82) is 0 Å². The number of fused-ring (bicyclic) bond motifs is 2. The minimum atomic E-state index is -0.262. The zero-order chi connectivity index (χ0) is 18.8. The summed E-state index contributed by atoms with van der Waals surface area (Å²) in [5, 5.41) is 2.79. The molecule has 0 saturated carbocycles. The highest BCUT2D eigenvalue weighted by atomic mass is 16.6. The fraction of sp³-hybridized carbons (Fsp3) is 0.250. The van der Waals surface area contributed by atoms with Gasteiger partial charge >= 0.3 is 0 Å². The molecule has 7 nitrogen and oxygen atoms in total. The predicted octanol–water partition coefficient (Wildman–Crippen LogP) is 3.51. The van der Waals surface area contributed by atoms with Gasteiger partial charge in [0, 0.05) is 25.3 Å². The molecule has 138 valence electrons. The lowest BCUT2D eigenvalue weighted by molar-refractivity contribution is -0.116. The Morgan fingerprint density at radius 2 is 1.89 bits per heavy atom. The summed E-state index contributed by atoms with van der Waals surface area (Å²) in [6.45, 7) is 2.70. The van der Waals surface area contributed by atoms with Crippen molar-refractivity contribution in [3.05, 3.63) is 47.9 Å². The van der Waals surface area contributed by atoms with Crippen LogP contribution in [0.5, 0.6) is 11.5 Å². The van der Waals surface area contributed by atoms with Crippen LogP contribution in [-0.4, -0.2) is 29.9 Å². The van der Waals surface area contributed by atoms with E-state index in [2.05, 4.69) is 10.3 Å². The number of para-hydroxylation sites is 1. The first-order chi connectivity index (χ1) is 13.1. The molecule has 1 amide bonds. The van der Waals surface area contributed by atoms with Gasteiger partial charge in [0.2, 0.25) is 5.91 Å². The molecule has 0 fully saturated rings. The molecule has 0 saturated heterocycles. The van der Waals surface area contributed by atoms with Gasteiger partial charge in [0.15, 0.2) is 28.8 Å². The number of nitrogens with one attached hydrogen (secondary N) is 1. The first kappa shape index (κ1) is 17.1. The number of ketones is 1. The minimum absolute atomic E-state index is 0.0663. The summed E-state index contributed by atoms with van der Waals surface area (Å²) in [7, 11) is 0. The Bertz CT molecular complexity index is 1020. The summed E-state index contributed by atoms with van der Waals surface area (Å²) in [6, 6.07) is 10.4. The van der Waals surface area contributed by atoms with Gasteiger partial charge in [0.25, 0.3) is 0 Å². The van der Waals surface area contributed by atoms with Crippen LogP contribution in [-0.2, 0) is 4.79 Å². The first-order valence-corrected chi connectivity index (χ1v) is 8.69. The van der Waals surface area contributed by atoms with E-state index in [1.807, 2.05) is 6.07 Å². The van der Waals surface area contributed by atoms with Crippen molar-refractivity contribution in [2.45, 2.75) is 19.8 Å². The highest BCUT2D eigenvalue weighted by molar-refractivity contribution is 6.02. The van der Waals surface area contributed by atoms with Gasteiger partial charge in [-0.1, -0.05) is 6.07 Å². The van der Waals surface area contributed by atoms with Gasteiger partial charge in [0.1, 0.15) is 18.7 Å². The number of carbonyl (C=O) groups excluding carboxylic acids is 2. The zero-order valence-corrected chi connectivity index (χ0v) is 14.8. The maximum Gasteiger partial charge on any atom is 0.224 e. The number of benzene rings is 2. The largest absolute Gasteiger partial charge is 0.486 e. The predicted molar refractivity (Wildman–Crippen MR) is 98.4 cm³/mol. The Balaban J connectivity index is 1.39. The fourth-order valence-corrected chi connectivity index (χ4v) is 2.96. The average Bonchev–Trinajstić information content (AvgIpc) is 3.07. The van der Waals surface area contributed by atoms with Crippen LogP contribution in [0, 0.1) is 6.92 Å². The molecule has 27 heavy (non-hydrogen) atoms. The van der Waals surface area contributed by atoms with Crippen molar-refractivity contribution in [3.63, 3.8) is 0 Å². The second kappa shape index (κ2) is 7.11. The second-order valence-electron chi connectivity index (χ2n) is 6.22. The summed E-state index contributed by atoms with van der Waals surface area (Å²) in [6.07, 6.45) is 0.160. The monoisotopic (exact) mass is 366 g/mol. The number of anilines is 1. The number of oxazole rings is 1. The summed E-state index contributed by atoms with van der Waals surface area (Å²) in [5.41, 5.74) is 2.25. The van der Waals surface area contributed by atoms with Gasteiger partial charge < -0.3 is 19.2 Å². The van der Waals surface area contributed by atoms with Gasteiger partial charge in [0.05, 0.1) is 5.69 Å². The van der Waals surface area contributed by atoms with Crippen molar-refractivity contribution in [2.75, 3.05) is 18.5 Å². The van der Waals surface area contributed by atoms with Crippen LogP contribution in [0.15, 0.2) is 40.8 Å². The topological polar surface area (TPSA) is 90.7 Å². The lowest BCUT2D eigenvalue weighted by atomic mass is 10.1. The third kappa shape index (κ3) is 3.62. The summed E-state index contributed by atoms with van der Waals surface area (Å²) < 4.78 is 16.5. The number of aryl methyl sites for hydroxylation is 1. The molecule has 1 N–H and O–H groups in total. The number of Topliss-reactive ketones (excluding diaryl/α,β-unsaturated/α-hetero) is 1. The third-order valence-corrected chi connectivity index (χ3v) is 4.24. The molecule has 0 atom stereocenters. The number of amides is 1. The maximum absolute atomic E-state index is 12.4. The minimum Gasteiger partial charge on any atom is -0.486 e. The Morgan fingerprint density at radius 3 is 2.74 bits per heavy atom. The molecular formula is C20H18N2O5. The lowest BCUT2D eigenvalue weighted by Crippen LogP contribution is -2.16. The number of carbonyl (C=O) groups is 2. The standard InChI is InChI=1S/C20H18N2O5/c1-12-21-14-3-2-4-15(20(14)27-12)22-19(24)8-6-16(23)13-5-7-17-18(11-13)26-10-9-25-17/h2-5,7,11H,6,8-10H2,1H3,(H,22,24). The van der Waals surface area contributed by atoms with Crippen LogP contribution in [0.1, 0.15) is 29.1 Å². The van der Waals surface area contributed by atoms with Crippen LogP contribution in [0.25, 0.3) is 11.1 Å². The summed E-state index contributed by atoms with van der Waals surface area (Å²) >= 11 is 0. The molecule has 2 heterocycles. The van der Waals surface area contributed by atoms with Gasteiger partial charge in [-0.2, -0.15) is 0 Å². The number of hydrogen-bond donors (Lipinski definition) is 1. The molecule has 1 aromatic heterocycles. The molecule has 0 unspecified atom stereocenters. The number of rotatable bonds is 5. The average molecular weight is 366 g/mol. The Labute approximate surface area is 155 Å². The van der Waals surface area contributed by atoms with Gasteiger partial charge in [-0.15, -0.1) is 0 Å². The molecule has 3 aromatic rings. The highest BCUT2D eigenvalue weighted by Crippen LogP contribution is 2.31. The van der Waals surface area contributed by atoms with E-state index >= 15 is 0 Å². The first-order valence-electron chi connectivity index (χ1n) is 8.69. The second-order valence-corrected chi connectivity index (χ2v) is 6.22. The van der Waals surface area contributed by atoms with Crippen molar-refractivity contribution in [1.82, 2.24) is 4.98 Å². The van der Waals surface area contributed by atoms with E-state index in [1.54, 1.807) is 37.3 Å². The molecule has 7 heteroatoms. The van der Waals surface area contributed by atoms with Gasteiger partial charge in [-0.3, -0.25) is 9.59 Å². The van der Waals surface area contributed by atoms with E-state index in [-0.39, 0.29) is 24.5 Å². The highest BCUT2D eigenvalue weighted by Gasteiger charge is 2.16. The van der Waals surface area contributed by atoms with Crippen LogP contribution >= 0.6 is 0 Å². The van der Waals surface area contributed by atoms with E-state index in [0.717, 1.165) is 0 Å². The number of nitrogens with zero attached hydrogens (tertiary/aromatic N) is 1. The molecule has 1 aliphatic rings. The zero-order valence-electron chi connectivity index (χ0n) is 14.8. The van der Waals surface area contributed by atoms with E-state index in [4.69, 9.17) is 13.9 Å². The van der Waals surface area contributed by atoms with E-state index in [0.29, 0.717) is 53.0 Å². The fourth-order valence-electron chi connectivity index (χ4n) is 2.96. The maximum atomic E-state index is 12.4. The summed E-state index contributed by atoms with van der Waals surface area (Å²) in [5.74, 6) is 1.33. The number of aromatic nitrogens is 1. The molecule has 0 aliphatic carbocycles. The molecule has 0 bridgehead atoms. The van der Waals surface area contributed by atoms with E-state index < -0.39 is 0 Å². The molecule has 4 rings (SSSR count). The smallest absolute Gasteiger partial charge is 0.224 e. The Kier molecular flexibility index (Phi) is 4.50. The Hall–Kier alpha value is -3.35. The van der Waals surface area contributed by atoms with E-state index in [1.165, 1.54) is 0 Å². The van der Waals surface area contributed by atoms with E-state index in [9.17, 15) is 9.59 Å². The quantitative estimate of drug-likeness (QED) is 0.695. The number of ether oxygens (including phenoxy) is 2. The van der Waals surface area contributed by atoms with Crippen LogP contribution in [0.2, 0.25) is 0 Å². The van der Waals surface area contributed by atoms with Crippen molar-refractivity contribution in [2.24, 2.45) is 0 Å². The van der Waals surface area contributed by atoms with Crippen molar-refractivity contribution in [3.8, 4) is 11.5 Å². The van der Waals surface area contributed by atoms with Crippen LogP contribution in [0.3, 0.4) is 0 Å². The van der Waals surface area contributed by atoms with Gasteiger partial charge in [-0.25, -0.2) is 4.98 Å². The van der Waals surface area contributed by atoms with Crippen LogP contribution in [0.4, 0.5) is 5.69 Å².